The predicted molar refractivity (Wildman–Crippen MR) is 183 cm³/mol. The second kappa shape index (κ2) is 9.96. The molecule has 1 aliphatic heterocycles. The van der Waals surface area contributed by atoms with Crippen LogP contribution in [0.4, 0.5) is 11.4 Å². The van der Waals surface area contributed by atoms with E-state index in [4.69, 9.17) is 4.98 Å². The number of hydrogen-bond acceptors (Lipinski definition) is 2. The molecule has 7 aromatic rings. The molecule has 0 fully saturated rings. The zero-order chi connectivity index (χ0) is 29.0. The van der Waals surface area contributed by atoms with Crippen molar-refractivity contribution in [2.45, 2.75) is 12.0 Å². The molecule has 0 radical (unpaired) electrons. The highest BCUT2D eigenvalue weighted by molar-refractivity contribution is 6.12. The fourth-order valence-corrected chi connectivity index (χ4v) is 7.21. The molecule has 0 saturated heterocycles. The van der Waals surface area contributed by atoms with Crippen LogP contribution in [0.2, 0.25) is 0 Å². The molecule has 2 unspecified atom stereocenters. The van der Waals surface area contributed by atoms with Crippen molar-refractivity contribution >= 4 is 33.2 Å². The van der Waals surface area contributed by atoms with Gasteiger partial charge in [0, 0.05) is 44.8 Å². The van der Waals surface area contributed by atoms with E-state index >= 15 is 0 Å². The standard InChI is InChI=1S/C41H29N3/c1-4-14-28(15-5-1)35-26-31(27-36(42-35)29-16-6-2-7-17-29)44-37-22-12-10-20-32(37)33-24-25-39-40(41(33)44)34-21-11-13-23-38(34)43(39)30-18-8-3-9-19-30/h1-27,34,38H. The second-order valence-corrected chi connectivity index (χ2v) is 11.6. The number of nitrogens with zero attached hydrogens (tertiary/aromatic N) is 3. The third-order valence-corrected chi connectivity index (χ3v) is 9.09. The molecule has 208 valence electrons. The number of benzene rings is 5. The molecular formula is C41H29N3. The van der Waals surface area contributed by atoms with Crippen molar-refractivity contribution in [3.8, 4) is 28.2 Å². The lowest BCUT2D eigenvalue weighted by molar-refractivity contribution is 0.746. The summed E-state index contributed by atoms with van der Waals surface area (Å²) in [6.45, 7) is 0. The summed E-state index contributed by atoms with van der Waals surface area (Å²) in [5.41, 5.74) is 11.6. The van der Waals surface area contributed by atoms with Crippen LogP contribution < -0.4 is 4.90 Å². The first-order valence-corrected chi connectivity index (χ1v) is 15.2. The van der Waals surface area contributed by atoms with Gasteiger partial charge < -0.3 is 9.47 Å². The van der Waals surface area contributed by atoms with Crippen molar-refractivity contribution in [2.24, 2.45) is 0 Å². The van der Waals surface area contributed by atoms with E-state index in [2.05, 4.69) is 173 Å². The molecule has 0 bridgehead atoms. The first kappa shape index (κ1) is 24.9. The monoisotopic (exact) mass is 563 g/mol. The predicted octanol–water partition coefficient (Wildman–Crippen LogP) is 10.2. The molecule has 5 aromatic carbocycles. The van der Waals surface area contributed by atoms with Gasteiger partial charge in [0.15, 0.2) is 0 Å². The van der Waals surface area contributed by atoms with Crippen LogP contribution in [0.5, 0.6) is 0 Å². The molecule has 2 atom stereocenters. The third kappa shape index (κ3) is 3.79. The molecule has 2 aliphatic rings. The van der Waals surface area contributed by atoms with E-state index in [1.54, 1.807) is 0 Å². The van der Waals surface area contributed by atoms with Gasteiger partial charge in [-0.2, -0.15) is 0 Å². The van der Waals surface area contributed by atoms with Gasteiger partial charge in [-0.3, -0.25) is 0 Å². The average Bonchev–Trinajstić information content (AvgIpc) is 3.62. The van der Waals surface area contributed by atoms with Crippen molar-refractivity contribution in [1.82, 2.24) is 9.55 Å². The van der Waals surface area contributed by atoms with Crippen molar-refractivity contribution in [3.63, 3.8) is 0 Å². The highest BCUT2D eigenvalue weighted by atomic mass is 15.2. The fraction of sp³-hybridized carbons (Fsp3) is 0.0488. The van der Waals surface area contributed by atoms with E-state index < -0.39 is 0 Å². The first-order valence-electron chi connectivity index (χ1n) is 15.2. The molecule has 0 amide bonds. The number of pyridine rings is 1. The van der Waals surface area contributed by atoms with Gasteiger partial charge in [0.05, 0.1) is 34.2 Å². The summed E-state index contributed by atoms with van der Waals surface area (Å²) in [5, 5.41) is 2.53. The Hall–Kier alpha value is -5.67. The van der Waals surface area contributed by atoms with Crippen LogP contribution >= 0.6 is 0 Å². The quantitative estimate of drug-likeness (QED) is 0.212. The van der Waals surface area contributed by atoms with Crippen LogP contribution in [0.25, 0.3) is 50.0 Å². The van der Waals surface area contributed by atoms with Gasteiger partial charge in [0.2, 0.25) is 0 Å². The molecule has 3 heterocycles. The van der Waals surface area contributed by atoms with Crippen LogP contribution in [0.3, 0.4) is 0 Å². The minimum absolute atomic E-state index is 0.215. The van der Waals surface area contributed by atoms with Gasteiger partial charge in [-0.25, -0.2) is 4.98 Å². The highest BCUT2D eigenvalue weighted by Crippen LogP contribution is 2.52. The largest absolute Gasteiger partial charge is 0.333 e. The van der Waals surface area contributed by atoms with Crippen LogP contribution in [-0.4, -0.2) is 15.6 Å². The van der Waals surface area contributed by atoms with Crippen molar-refractivity contribution in [1.29, 1.82) is 0 Å². The zero-order valence-electron chi connectivity index (χ0n) is 24.1. The number of fused-ring (bicyclic) bond motifs is 7. The molecule has 44 heavy (non-hydrogen) atoms. The Kier molecular flexibility index (Phi) is 5.63. The number of allylic oxidation sites excluding steroid dienone is 2. The van der Waals surface area contributed by atoms with E-state index in [-0.39, 0.29) is 12.0 Å². The Bertz CT molecular complexity index is 2170. The lowest BCUT2D eigenvalue weighted by Gasteiger charge is -2.28. The van der Waals surface area contributed by atoms with E-state index in [0.717, 1.165) is 28.2 Å². The van der Waals surface area contributed by atoms with Gasteiger partial charge in [0.1, 0.15) is 0 Å². The molecule has 2 aromatic heterocycles. The molecule has 1 aliphatic carbocycles. The summed E-state index contributed by atoms with van der Waals surface area (Å²) in [4.78, 5) is 7.70. The first-order chi connectivity index (χ1) is 21.8. The molecular weight excluding hydrogens is 534 g/mol. The van der Waals surface area contributed by atoms with Crippen LogP contribution in [0.1, 0.15) is 11.5 Å². The van der Waals surface area contributed by atoms with Gasteiger partial charge >= 0.3 is 0 Å². The minimum Gasteiger partial charge on any atom is -0.333 e. The van der Waals surface area contributed by atoms with Crippen LogP contribution in [0, 0.1) is 0 Å². The topological polar surface area (TPSA) is 21.1 Å². The Labute approximate surface area is 256 Å². The number of anilines is 2. The maximum atomic E-state index is 5.19. The zero-order valence-corrected chi connectivity index (χ0v) is 24.1. The van der Waals surface area contributed by atoms with Crippen LogP contribution in [0.15, 0.2) is 164 Å². The summed E-state index contributed by atoms with van der Waals surface area (Å²) in [5.74, 6) is 0.228. The molecule has 3 heteroatoms. The fourth-order valence-electron chi connectivity index (χ4n) is 7.21. The summed E-state index contributed by atoms with van der Waals surface area (Å²) < 4.78 is 2.49. The van der Waals surface area contributed by atoms with Crippen molar-refractivity contribution in [2.75, 3.05) is 4.90 Å². The Morgan fingerprint density at radius 1 is 0.523 bits per heavy atom. The Morgan fingerprint density at radius 3 is 1.84 bits per heavy atom. The maximum Gasteiger partial charge on any atom is 0.0730 e. The molecule has 3 nitrogen and oxygen atoms in total. The lowest BCUT2D eigenvalue weighted by Crippen LogP contribution is -2.28. The number of para-hydroxylation sites is 2. The normalized spacial score (nSPS) is 16.9. The molecule has 9 rings (SSSR count). The molecule has 0 spiro atoms. The van der Waals surface area contributed by atoms with E-state index in [1.165, 1.54) is 38.7 Å². The Morgan fingerprint density at radius 2 is 1.14 bits per heavy atom. The van der Waals surface area contributed by atoms with E-state index in [0.29, 0.717) is 0 Å². The Balaban J connectivity index is 1.38. The minimum atomic E-state index is 0.215. The second-order valence-electron chi connectivity index (χ2n) is 11.6. The summed E-state index contributed by atoms with van der Waals surface area (Å²) >= 11 is 0. The van der Waals surface area contributed by atoms with E-state index in [9.17, 15) is 0 Å². The van der Waals surface area contributed by atoms with Crippen molar-refractivity contribution in [3.05, 3.63) is 169 Å². The van der Waals surface area contributed by atoms with Gasteiger partial charge in [-0.05, 0) is 36.4 Å². The van der Waals surface area contributed by atoms with E-state index in [1.807, 2.05) is 0 Å². The summed E-state index contributed by atoms with van der Waals surface area (Å²) in [6, 6.07) is 50.0. The summed E-state index contributed by atoms with van der Waals surface area (Å²) in [6.07, 6.45) is 9.13. The number of rotatable bonds is 4. The van der Waals surface area contributed by atoms with Gasteiger partial charge in [-0.15, -0.1) is 0 Å². The van der Waals surface area contributed by atoms with Gasteiger partial charge in [-0.1, -0.05) is 127 Å². The van der Waals surface area contributed by atoms with Gasteiger partial charge in [0.25, 0.3) is 0 Å². The van der Waals surface area contributed by atoms with Crippen LogP contribution in [-0.2, 0) is 0 Å². The third-order valence-electron chi connectivity index (χ3n) is 9.09. The average molecular weight is 564 g/mol. The number of hydrogen-bond donors (Lipinski definition) is 0. The highest BCUT2D eigenvalue weighted by Gasteiger charge is 2.40. The molecule has 0 N–H and O–H groups in total. The smallest absolute Gasteiger partial charge is 0.0730 e. The SMILES string of the molecule is C1=CC2c3c(ccc4c5ccccc5n(-c5cc(-c6ccccc6)nc(-c6ccccc6)c5)c34)N(c3ccccc3)C2C=C1. The van der Waals surface area contributed by atoms with Crippen molar-refractivity contribution < 1.29 is 0 Å². The number of aromatic nitrogens is 2. The summed E-state index contributed by atoms with van der Waals surface area (Å²) in [7, 11) is 0. The lowest BCUT2D eigenvalue weighted by atomic mass is 9.90. The maximum absolute atomic E-state index is 5.19. The molecule has 0 saturated carbocycles.